The zero-order valence-corrected chi connectivity index (χ0v) is 10.8. The third-order valence-electron chi connectivity index (χ3n) is 3.47. The lowest BCUT2D eigenvalue weighted by Crippen LogP contribution is -2.32. The van der Waals surface area contributed by atoms with Gasteiger partial charge in [-0.3, -0.25) is 0 Å². The molecule has 1 aliphatic heterocycles. The van der Waals surface area contributed by atoms with E-state index < -0.39 is 0 Å². The molecule has 2 N–H and O–H groups in total. The number of benzene rings is 1. The molecule has 0 aromatic heterocycles. The van der Waals surface area contributed by atoms with Crippen molar-refractivity contribution in [2.24, 2.45) is 0 Å². The van der Waals surface area contributed by atoms with Crippen molar-refractivity contribution in [1.82, 2.24) is 10.6 Å². The van der Waals surface area contributed by atoms with Gasteiger partial charge in [-0.05, 0) is 43.5 Å². The zero-order chi connectivity index (χ0) is 11.9. The first kappa shape index (κ1) is 12.6. The maximum atomic E-state index is 3.61. The molecule has 1 aliphatic rings. The molecular weight excluding hydrogens is 208 g/mol. The van der Waals surface area contributed by atoms with Crippen LogP contribution in [0.25, 0.3) is 0 Å². The molecule has 1 aromatic carbocycles. The number of rotatable bonds is 6. The predicted molar refractivity (Wildman–Crippen MR) is 73.4 cm³/mol. The van der Waals surface area contributed by atoms with Crippen molar-refractivity contribution in [3.05, 3.63) is 35.4 Å². The van der Waals surface area contributed by atoms with Gasteiger partial charge in [0, 0.05) is 12.6 Å². The summed E-state index contributed by atoms with van der Waals surface area (Å²) < 4.78 is 0. The molecule has 1 atom stereocenters. The molecule has 94 valence electrons. The van der Waals surface area contributed by atoms with Crippen LogP contribution in [0.2, 0.25) is 0 Å². The van der Waals surface area contributed by atoms with Crippen molar-refractivity contribution in [2.75, 3.05) is 19.6 Å². The van der Waals surface area contributed by atoms with Crippen LogP contribution in [0.4, 0.5) is 0 Å². The van der Waals surface area contributed by atoms with Gasteiger partial charge in [-0.25, -0.2) is 0 Å². The minimum absolute atomic E-state index is 0.689. The Balaban J connectivity index is 1.70. The van der Waals surface area contributed by atoms with Gasteiger partial charge in [0.2, 0.25) is 0 Å². The van der Waals surface area contributed by atoms with Gasteiger partial charge in [0.25, 0.3) is 0 Å². The number of aryl methyl sites for hydroxylation is 1. The van der Waals surface area contributed by atoms with Crippen LogP contribution in [-0.2, 0) is 12.8 Å². The first-order chi connectivity index (χ1) is 8.38. The smallest absolute Gasteiger partial charge is 0.0204 e. The van der Waals surface area contributed by atoms with Crippen LogP contribution < -0.4 is 10.6 Å². The highest BCUT2D eigenvalue weighted by Crippen LogP contribution is 2.07. The third kappa shape index (κ3) is 4.14. The van der Waals surface area contributed by atoms with Gasteiger partial charge in [0.05, 0.1) is 0 Å². The van der Waals surface area contributed by atoms with Gasteiger partial charge in [-0.2, -0.15) is 0 Å². The molecule has 1 fully saturated rings. The van der Waals surface area contributed by atoms with Crippen LogP contribution in [0.1, 0.15) is 30.9 Å². The second kappa shape index (κ2) is 6.77. The molecule has 1 aromatic rings. The Hall–Kier alpha value is -0.860. The predicted octanol–water partition coefficient (Wildman–Crippen LogP) is 2.13. The van der Waals surface area contributed by atoms with Crippen LogP contribution in [0, 0.1) is 0 Å². The lowest BCUT2D eigenvalue weighted by atomic mass is 10.1. The molecule has 1 unspecified atom stereocenters. The van der Waals surface area contributed by atoms with Crippen LogP contribution >= 0.6 is 0 Å². The van der Waals surface area contributed by atoms with E-state index in [4.69, 9.17) is 0 Å². The molecule has 0 amide bonds. The Morgan fingerprint density at radius 1 is 1.18 bits per heavy atom. The van der Waals surface area contributed by atoms with Crippen LogP contribution in [-0.4, -0.2) is 25.7 Å². The lowest BCUT2D eigenvalue weighted by molar-refractivity contribution is 0.550. The van der Waals surface area contributed by atoms with Crippen molar-refractivity contribution >= 4 is 0 Å². The molecule has 1 saturated heterocycles. The highest BCUT2D eigenvalue weighted by Gasteiger charge is 2.12. The Bertz CT molecular complexity index is 312. The quantitative estimate of drug-likeness (QED) is 0.785. The summed E-state index contributed by atoms with van der Waals surface area (Å²) in [6.07, 6.45) is 4.85. The Kier molecular flexibility index (Phi) is 5.02. The molecular formula is C15H24N2. The van der Waals surface area contributed by atoms with Crippen molar-refractivity contribution in [3.63, 3.8) is 0 Å². The first-order valence-corrected chi connectivity index (χ1v) is 6.90. The van der Waals surface area contributed by atoms with Crippen LogP contribution in [0.5, 0.6) is 0 Å². The summed E-state index contributed by atoms with van der Waals surface area (Å²) >= 11 is 0. The average Bonchev–Trinajstić information content (AvgIpc) is 2.85. The molecule has 2 rings (SSSR count). The summed E-state index contributed by atoms with van der Waals surface area (Å²) in [6, 6.07) is 9.79. The molecule has 0 bridgehead atoms. The fraction of sp³-hybridized carbons (Fsp3) is 0.600. The fourth-order valence-corrected chi connectivity index (χ4v) is 2.41. The van der Waals surface area contributed by atoms with E-state index in [9.17, 15) is 0 Å². The van der Waals surface area contributed by atoms with E-state index in [1.807, 2.05) is 0 Å². The van der Waals surface area contributed by atoms with E-state index in [1.165, 1.54) is 36.9 Å². The summed E-state index contributed by atoms with van der Waals surface area (Å²) in [7, 11) is 0. The minimum atomic E-state index is 0.689. The standard InChI is InChI=1S/C15H24N2/c1-2-3-13-4-6-14(7-5-13)8-11-17-15-9-10-16-12-15/h4-7,15-17H,2-3,8-12H2,1H3. The fourth-order valence-electron chi connectivity index (χ4n) is 2.41. The zero-order valence-electron chi connectivity index (χ0n) is 10.8. The minimum Gasteiger partial charge on any atom is -0.315 e. The monoisotopic (exact) mass is 232 g/mol. The number of hydrogen-bond acceptors (Lipinski definition) is 2. The van der Waals surface area contributed by atoms with Gasteiger partial charge in [-0.1, -0.05) is 37.6 Å². The van der Waals surface area contributed by atoms with Crippen molar-refractivity contribution in [1.29, 1.82) is 0 Å². The largest absolute Gasteiger partial charge is 0.315 e. The maximum absolute atomic E-state index is 3.61. The second-order valence-electron chi connectivity index (χ2n) is 4.96. The van der Waals surface area contributed by atoms with Crippen molar-refractivity contribution in [2.45, 2.75) is 38.6 Å². The summed E-state index contributed by atoms with van der Waals surface area (Å²) in [6.45, 7) is 5.63. The summed E-state index contributed by atoms with van der Waals surface area (Å²) in [5.41, 5.74) is 2.91. The average molecular weight is 232 g/mol. The summed E-state index contributed by atoms with van der Waals surface area (Å²) in [4.78, 5) is 0. The molecule has 0 saturated carbocycles. The molecule has 0 radical (unpaired) electrons. The SMILES string of the molecule is CCCc1ccc(CCNC2CCNC2)cc1. The second-order valence-corrected chi connectivity index (χ2v) is 4.96. The van der Waals surface area contributed by atoms with E-state index in [2.05, 4.69) is 41.8 Å². The van der Waals surface area contributed by atoms with Crippen molar-refractivity contribution < 1.29 is 0 Å². The van der Waals surface area contributed by atoms with Gasteiger partial charge >= 0.3 is 0 Å². The molecule has 17 heavy (non-hydrogen) atoms. The maximum Gasteiger partial charge on any atom is 0.0204 e. The number of hydrogen-bond donors (Lipinski definition) is 2. The highest BCUT2D eigenvalue weighted by molar-refractivity contribution is 5.22. The van der Waals surface area contributed by atoms with E-state index in [0.717, 1.165) is 19.5 Å². The van der Waals surface area contributed by atoms with Crippen LogP contribution in [0.3, 0.4) is 0 Å². The molecule has 0 spiro atoms. The lowest BCUT2D eigenvalue weighted by Gasteiger charge is -2.11. The molecule has 2 nitrogen and oxygen atoms in total. The first-order valence-electron chi connectivity index (χ1n) is 6.90. The van der Waals surface area contributed by atoms with Gasteiger partial charge in [0.1, 0.15) is 0 Å². The van der Waals surface area contributed by atoms with E-state index in [-0.39, 0.29) is 0 Å². The van der Waals surface area contributed by atoms with Gasteiger partial charge in [-0.15, -0.1) is 0 Å². The van der Waals surface area contributed by atoms with E-state index in [0.29, 0.717) is 6.04 Å². The topological polar surface area (TPSA) is 24.1 Å². The molecule has 1 heterocycles. The summed E-state index contributed by atoms with van der Waals surface area (Å²) in [5, 5.41) is 6.99. The van der Waals surface area contributed by atoms with E-state index >= 15 is 0 Å². The van der Waals surface area contributed by atoms with E-state index in [1.54, 1.807) is 0 Å². The third-order valence-corrected chi connectivity index (χ3v) is 3.47. The highest BCUT2D eigenvalue weighted by atomic mass is 15.0. The summed E-state index contributed by atoms with van der Waals surface area (Å²) in [5.74, 6) is 0. The Morgan fingerprint density at radius 3 is 2.47 bits per heavy atom. The van der Waals surface area contributed by atoms with Crippen LogP contribution in [0.15, 0.2) is 24.3 Å². The van der Waals surface area contributed by atoms with Gasteiger partial charge in [0.15, 0.2) is 0 Å². The van der Waals surface area contributed by atoms with Gasteiger partial charge < -0.3 is 10.6 Å². The molecule has 2 heteroatoms. The van der Waals surface area contributed by atoms with Crippen molar-refractivity contribution in [3.8, 4) is 0 Å². The Morgan fingerprint density at radius 2 is 1.88 bits per heavy atom. The normalized spacial score (nSPS) is 19.7. The molecule has 0 aliphatic carbocycles. The number of nitrogens with one attached hydrogen (secondary N) is 2. The Labute approximate surface area is 105 Å².